The van der Waals surface area contributed by atoms with Crippen LogP contribution >= 0.6 is 0 Å². The second-order valence-electron chi connectivity index (χ2n) is 14.4. The molecule has 3 saturated carbocycles. The van der Waals surface area contributed by atoms with Crippen molar-refractivity contribution in [2.45, 2.75) is 115 Å². The number of hydrogen-bond acceptors (Lipinski definition) is 6. The van der Waals surface area contributed by atoms with Gasteiger partial charge in [0.1, 0.15) is 12.2 Å². The summed E-state index contributed by atoms with van der Waals surface area (Å²) in [7, 11) is 0. The van der Waals surface area contributed by atoms with Crippen molar-refractivity contribution in [2.75, 3.05) is 26.4 Å². The van der Waals surface area contributed by atoms with Crippen molar-refractivity contribution in [3.05, 3.63) is 11.6 Å². The van der Waals surface area contributed by atoms with E-state index in [9.17, 15) is 10.2 Å². The van der Waals surface area contributed by atoms with Gasteiger partial charge in [-0.2, -0.15) is 0 Å². The molecule has 38 heavy (non-hydrogen) atoms. The lowest BCUT2D eigenvalue weighted by atomic mass is 9.51. The van der Waals surface area contributed by atoms with E-state index in [1.807, 2.05) is 0 Å². The molecule has 212 valence electrons. The summed E-state index contributed by atoms with van der Waals surface area (Å²) in [4.78, 5) is 0. The Balaban J connectivity index is 1.18. The average Bonchev–Trinajstić information content (AvgIpc) is 3.10. The third-order valence-electron chi connectivity index (χ3n) is 11.3. The van der Waals surface area contributed by atoms with Crippen molar-refractivity contribution < 1.29 is 29.2 Å². The molecule has 2 aliphatic heterocycles. The Bertz CT molecular complexity index is 993. The lowest BCUT2D eigenvalue weighted by molar-refractivity contribution is -0.328. The Morgan fingerprint density at radius 1 is 1.05 bits per heavy atom. The van der Waals surface area contributed by atoms with Crippen molar-refractivity contribution in [3.8, 4) is 11.8 Å². The zero-order valence-corrected chi connectivity index (χ0v) is 23.9. The van der Waals surface area contributed by atoms with Crippen LogP contribution < -0.4 is 0 Å². The van der Waals surface area contributed by atoms with E-state index in [-0.39, 0.29) is 35.6 Å². The topological polar surface area (TPSA) is 77.4 Å². The van der Waals surface area contributed by atoms with Gasteiger partial charge in [-0.3, -0.25) is 0 Å². The molecule has 0 amide bonds. The Morgan fingerprint density at radius 2 is 1.84 bits per heavy atom. The lowest BCUT2D eigenvalue weighted by Crippen LogP contribution is -2.60. The Kier molecular flexibility index (Phi) is 6.86. The highest BCUT2D eigenvalue weighted by atomic mass is 16.7. The van der Waals surface area contributed by atoms with Crippen LogP contribution in [0.1, 0.15) is 91.9 Å². The van der Waals surface area contributed by atoms with Gasteiger partial charge in [-0.25, -0.2) is 0 Å². The second-order valence-corrected chi connectivity index (χ2v) is 14.4. The zero-order chi connectivity index (χ0) is 26.8. The minimum Gasteiger partial charge on any atom is -0.385 e. The van der Waals surface area contributed by atoms with Gasteiger partial charge >= 0.3 is 0 Å². The summed E-state index contributed by atoms with van der Waals surface area (Å²) in [5.74, 6) is 6.75. The third-order valence-corrected chi connectivity index (χ3v) is 11.3. The van der Waals surface area contributed by atoms with Gasteiger partial charge in [0.25, 0.3) is 0 Å². The Labute approximate surface area is 228 Å². The number of rotatable bonds is 2. The van der Waals surface area contributed by atoms with E-state index in [2.05, 4.69) is 45.6 Å². The summed E-state index contributed by atoms with van der Waals surface area (Å²) >= 11 is 0. The predicted octanol–water partition coefficient (Wildman–Crippen LogP) is 4.97. The SMILES string of the molecule is C[C@H]1C[C@H]2[C@@H]3CC[C@H]4CC5(CC[C@@]4(O)C3=CC[C@]2(C)[C@]1(O)C#CCOC1CCCCO1)OCC(C)(C)CO5. The second kappa shape index (κ2) is 9.57. The predicted molar refractivity (Wildman–Crippen MR) is 144 cm³/mol. The van der Waals surface area contributed by atoms with Crippen molar-refractivity contribution >= 4 is 0 Å². The van der Waals surface area contributed by atoms with Gasteiger partial charge in [-0.1, -0.05) is 45.6 Å². The van der Waals surface area contributed by atoms with Crippen LogP contribution in [0.15, 0.2) is 11.6 Å². The fourth-order valence-corrected chi connectivity index (χ4v) is 8.86. The third kappa shape index (κ3) is 4.32. The van der Waals surface area contributed by atoms with E-state index >= 15 is 0 Å². The van der Waals surface area contributed by atoms with E-state index in [0.29, 0.717) is 31.5 Å². The Morgan fingerprint density at radius 3 is 2.58 bits per heavy atom. The smallest absolute Gasteiger partial charge is 0.168 e. The van der Waals surface area contributed by atoms with E-state index in [0.717, 1.165) is 64.4 Å². The molecule has 6 rings (SSSR count). The maximum absolute atomic E-state index is 12.2. The molecule has 6 aliphatic rings. The van der Waals surface area contributed by atoms with E-state index < -0.39 is 17.0 Å². The first-order valence-electron chi connectivity index (χ1n) is 15.2. The molecule has 8 atom stereocenters. The quantitative estimate of drug-likeness (QED) is 0.389. The fraction of sp³-hybridized carbons (Fsp3) is 0.875. The van der Waals surface area contributed by atoms with Gasteiger partial charge in [0.2, 0.25) is 0 Å². The van der Waals surface area contributed by atoms with Crippen LogP contribution in [0, 0.1) is 46.3 Å². The summed E-state index contributed by atoms with van der Waals surface area (Å²) < 4.78 is 24.2. The summed E-state index contributed by atoms with van der Waals surface area (Å²) in [6, 6.07) is 0. The number of fused-ring (bicyclic) bond motifs is 5. The van der Waals surface area contributed by atoms with Gasteiger partial charge in [0.15, 0.2) is 12.1 Å². The summed E-state index contributed by atoms with van der Waals surface area (Å²) in [5.41, 5.74) is -0.928. The van der Waals surface area contributed by atoms with Gasteiger partial charge in [-0.15, -0.1) is 0 Å². The van der Waals surface area contributed by atoms with E-state index in [1.165, 1.54) is 5.57 Å². The first-order valence-corrected chi connectivity index (χ1v) is 15.2. The molecule has 0 aromatic heterocycles. The maximum Gasteiger partial charge on any atom is 0.168 e. The van der Waals surface area contributed by atoms with Crippen LogP contribution in [0.3, 0.4) is 0 Å². The number of aliphatic hydroxyl groups is 2. The number of allylic oxidation sites excluding steroid dienone is 1. The monoisotopic (exact) mass is 528 g/mol. The minimum atomic E-state index is -1.07. The number of hydrogen-bond donors (Lipinski definition) is 2. The summed E-state index contributed by atoms with van der Waals surface area (Å²) in [6.07, 6.45) is 11.1. The van der Waals surface area contributed by atoms with Crippen LogP contribution in [0.4, 0.5) is 0 Å². The van der Waals surface area contributed by atoms with E-state index in [4.69, 9.17) is 18.9 Å². The number of ether oxygens (including phenoxy) is 4. The highest BCUT2D eigenvalue weighted by Crippen LogP contribution is 2.66. The van der Waals surface area contributed by atoms with Crippen LogP contribution in [0.2, 0.25) is 0 Å². The van der Waals surface area contributed by atoms with Crippen molar-refractivity contribution in [1.82, 2.24) is 0 Å². The van der Waals surface area contributed by atoms with Gasteiger partial charge in [0, 0.05) is 30.3 Å². The van der Waals surface area contributed by atoms with Gasteiger partial charge < -0.3 is 29.2 Å². The normalized spacial score (nSPS) is 47.2. The molecule has 0 aromatic carbocycles. The van der Waals surface area contributed by atoms with Gasteiger partial charge in [0.05, 0.1) is 18.8 Å². The summed E-state index contributed by atoms with van der Waals surface area (Å²) in [6.45, 7) is 11.2. The molecule has 2 N–H and O–H groups in total. The molecule has 0 bridgehead atoms. The molecule has 0 radical (unpaired) electrons. The lowest BCUT2D eigenvalue weighted by Gasteiger charge is -2.58. The molecule has 6 heteroatoms. The molecule has 6 nitrogen and oxygen atoms in total. The van der Waals surface area contributed by atoms with Crippen molar-refractivity contribution in [3.63, 3.8) is 0 Å². The molecule has 2 heterocycles. The highest BCUT2D eigenvalue weighted by molar-refractivity contribution is 5.36. The molecule has 1 spiro atoms. The van der Waals surface area contributed by atoms with Crippen molar-refractivity contribution in [1.29, 1.82) is 0 Å². The minimum absolute atomic E-state index is 0.0433. The zero-order valence-electron chi connectivity index (χ0n) is 23.9. The van der Waals surface area contributed by atoms with Crippen molar-refractivity contribution in [2.24, 2.45) is 34.5 Å². The van der Waals surface area contributed by atoms with Crippen LogP contribution in [0.25, 0.3) is 0 Å². The van der Waals surface area contributed by atoms with Crippen LogP contribution in [-0.2, 0) is 18.9 Å². The molecule has 1 unspecified atom stereocenters. The average molecular weight is 529 g/mol. The van der Waals surface area contributed by atoms with E-state index in [1.54, 1.807) is 0 Å². The standard InChI is InChI=1S/C32H48O6/c1-22-18-26-24-10-9-23-19-30(37-20-28(2,3)21-38-30)14-15-31(23,33)25(24)11-13-29(26,4)32(22,34)12-7-17-36-27-8-5-6-16-35-27/h11,22-24,26-27,33-34H,5-6,8-10,13-21H2,1-4H3/t22-,23-,24+,26-,27?,29-,31-,32-/m0/s1. The first kappa shape index (κ1) is 27.2. The fourth-order valence-electron chi connectivity index (χ4n) is 8.86. The summed E-state index contributed by atoms with van der Waals surface area (Å²) in [5, 5.41) is 24.3. The van der Waals surface area contributed by atoms with Crippen LogP contribution in [-0.4, -0.2) is 59.9 Å². The first-order chi connectivity index (χ1) is 18.0. The molecule has 2 saturated heterocycles. The highest BCUT2D eigenvalue weighted by Gasteiger charge is 2.66. The maximum atomic E-state index is 12.2. The van der Waals surface area contributed by atoms with Crippen LogP contribution in [0.5, 0.6) is 0 Å². The van der Waals surface area contributed by atoms with Gasteiger partial charge in [-0.05, 0) is 80.6 Å². The molecule has 4 aliphatic carbocycles. The largest absolute Gasteiger partial charge is 0.385 e. The molecule has 0 aromatic rings. The molecule has 5 fully saturated rings. The molecular formula is C32H48O6. The Hall–Kier alpha value is -0.940. The molecular weight excluding hydrogens is 480 g/mol.